The van der Waals surface area contributed by atoms with Crippen LogP contribution in [0.4, 0.5) is 9.18 Å². The van der Waals surface area contributed by atoms with Crippen LogP contribution >= 0.6 is 23.4 Å². The molecule has 1 aromatic carbocycles. The number of aliphatic hydroxyl groups excluding tert-OH is 1. The summed E-state index contributed by atoms with van der Waals surface area (Å²) in [5.41, 5.74) is 0.480. The fraction of sp³-hybridized carbons (Fsp3) is 0.533. The molecule has 0 aliphatic heterocycles. The van der Waals surface area contributed by atoms with E-state index in [0.29, 0.717) is 10.8 Å². The first-order chi connectivity index (χ1) is 10.5. The molecule has 0 radical (unpaired) electrons. The molecule has 2 amide bonds. The normalized spacial score (nSPS) is 22.4. The van der Waals surface area contributed by atoms with Crippen LogP contribution in [0.25, 0.3) is 0 Å². The first kappa shape index (κ1) is 17.4. The smallest absolute Gasteiger partial charge is 0.315 e. The molecule has 1 aromatic rings. The summed E-state index contributed by atoms with van der Waals surface area (Å²) in [6, 6.07) is 3.37. The quantitative estimate of drug-likeness (QED) is 0.767. The van der Waals surface area contributed by atoms with E-state index in [1.807, 2.05) is 11.8 Å². The van der Waals surface area contributed by atoms with Crippen LogP contribution in [0.15, 0.2) is 18.2 Å². The average Bonchev–Trinajstić information content (AvgIpc) is 2.95. The molecule has 0 aromatic heterocycles. The maximum Gasteiger partial charge on any atom is 0.315 e. The Morgan fingerprint density at radius 3 is 2.91 bits per heavy atom. The minimum Gasteiger partial charge on any atom is -0.394 e. The van der Waals surface area contributed by atoms with Crippen LogP contribution in [0, 0.1) is 5.82 Å². The Morgan fingerprint density at radius 1 is 1.55 bits per heavy atom. The molecule has 4 nitrogen and oxygen atoms in total. The van der Waals surface area contributed by atoms with Crippen molar-refractivity contribution in [1.29, 1.82) is 0 Å². The second-order valence-electron chi connectivity index (χ2n) is 5.39. The summed E-state index contributed by atoms with van der Waals surface area (Å²) >= 11 is 7.45. The Kier molecular flexibility index (Phi) is 6.35. The molecule has 0 bridgehead atoms. The largest absolute Gasteiger partial charge is 0.394 e. The van der Waals surface area contributed by atoms with E-state index in [9.17, 15) is 14.3 Å². The van der Waals surface area contributed by atoms with Crippen molar-refractivity contribution in [3.05, 3.63) is 34.6 Å². The van der Waals surface area contributed by atoms with Gasteiger partial charge in [-0.25, -0.2) is 9.18 Å². The summed E-state index contributed by atoms with van der Waals surface area (Å²) in [7, 11) is 0. The van der Waals surface area contributed by atoms with Gasteiger partial charge in [0.05, 0.1) is 17.7 Å². The van der Waals surface area contributed by atoms with E-state index in [2.05, 4.69) is 16.9 Å². The van der Waals surface area contributed by atoms with Gasteiger partial charge in [0.1, 0.15) is 5.82 Å². The predicted octanol–water partition coefficient (Wildman–Crippen LogP) is 3.10. The van der Waals surface area contributed by atoms with E-state index in [4.69, 9.17) is 11.6 Å². The highest BCUT2D eigenvalue weighted by Gasteiger charge is 2.26. The van der Waals surface area contributed by atoms with Gasteiger partial charge in [0, 0.05) is 11.3 Å². The molecule has 0 spiro atoms. The first-order valence-corrected chi connectivity index (χ1v) is 8.85. The fourth-order valence-corrected chi connectivity index (χ4v) is 3.55. The van der Waals surface area contributed by atoms with Crippen molar-refractivity contribution >= 4 is 29.4 Å². The summed E-state index contributed by atoms with van der Waals surface area (Å²) in [5, 5.41) is 15.6. The lowest BCUT2D eigenvalue weighted by Crippen LogP contribution is -2.43. The van der Waals surface area contributed by atoms with Gasteiger partial charge >= 0.3 is 6.03 Å². The third kappa shape index (κ3) is 4.51. The van der Waals surface area contributed by atoms with Crippen molar-refractivity contribution in [3.8, 4) is 0 Å². The Balaban J connectivity index is 1.92. The van der Waals surface area contributed by atoms with Gasteiger partial charge in [0.2, 0.25) is 0 Å². The van der Waals surface area contributed by atoms with E-state index in [1.54, 1.807) is 6.07 Å². The summed E-state index contributed by atoms with van der Waals surface area (Å²) in [5.74, 6) is -0.571. The number of benzene rings is 1. The van der Waals surface area contributed by atoms with Crippen molar-refractivity contribution in [3.63, 3.8) is 0 Å². The zero-order valence-corrected chi connectivity index (χ0v) is 13.9. The lowest BCUT2D eigenvalue weighted by atomic mass is 10.1. The maximum absolute atomic E-state index is 13.5. The molecule has 122 valence electrons. The number of carbonyl (C=O) groups is 1. The van der Waals surface area contributed by atoms with Crippen molar-refractivity contribution < 1.29 is 14.3 Å². The third-order valence-electron chi connectivity index (χ3n) is 3.89. The van der Waals surface area contributed by atoms with Gasteiger partial charge in [0.15, 0.2) is 0 Å². The molecule has 7 heteroatoms. The zero-order valence-electron chi connectivity index (χ0n) is 12.3. The number of rotatable bonds is 5. The Bertz CT molecular complexity index is 532. The second-order valence-corrected chi connectivity index (χ2v) is 6.94. The Labute approximate surface area is 138 Å². The van der Waals surface area contributed by atoms with Gasteiger partial charge < -0.3 is 15.7 Å². The van der Waals surface area contributed by atoms with Crippen LogP contribution in [0.3, 0.4) is 0 Å². The summed E-state index contributed by atoms with van der Waals surface area (Å²) in [4.78, 5) is 12.0. The van der Waals surface area contributed by atoms with Crippen LogP contribution in [-0.2, 0) is 0 Å². The number of carbonyl (C=O) groups excluding carboxylic acids is 1. The summed E-state index contributed by atoms with van der Waals surface area (Å²) in [6.07, 6.45) is 5.08. The lowest BCUT2D eigenvalue weighted by Gasteiger charge is -2.20. The summed E-state index contributed by atoms with van der Waals surface area (Å²) < 4.78 is 13.5. The molecule has 22 heavy (non-hydrogen) atoms. The molecule has 1 fully saturated rings. The van der Waals surface area contributed by atoms with Gasteiger partial charge in [-0.1, -0.05) is 17.7 Å². The van der Waals surface area contributed by atoms with Crippen LogP contribution in [0.1, 0.15) is 30.9 Å². The molecular formula is C15H20ClFN2O2S. The Hall–Kier alpha value is -0.980. The van der Waals surface area contributed by atoms with Crippen molar-refractivity contribution in [1.82, 2.24) is 10.6 Å². The van der Waals surface area contributed by atoms with Gasteiger partial charge in [-0.15, -0.1) is 0 Å². The molecule has 3 atom stereocenters. The number of urea groups is 1. The molecule has 0 saturated heterocycles. The minimum atomic E-state index is -0.662. The van der Waals surface area contributed by atoms with Crippen molar-refractivity contribution in [2.75, 3.05) is 12.9 Å². The number of amides is 2. The van der Waals surface area contributed by atoms with E-state index in [0.717, 1.165) is 19.3 Å². The first-order valence-electron chi connectivity index (χ1n) is 7.19. The number of halogens is 2. The maximum atomic E-state index is 13.5. The van der Waals surface area contributed by atoms with Gasteiger partial charge in [-0.2, -0.15) is 11.8 Å². The SMILES string of the molecule is CSC1CCC(NC(=O)NC(CO)c2ccc(Cl)c(F)c2)C1. The van der Waals surface area contributed by atoms with Gasteiger partial charge in [-0.05, 0) is 43.2 Å². The standard InChI is InChI=1S/C15H20ClFN2O2S/c1-22-11-4-3-10(7-11)18-15(21)19-14(8-20)9-2-5-12(16)13(17)6-9/h2,5-6,10-11,14,20H,3-4,7-8H2,1H3,(H2,18,19,21). The highest BCUT2D eigenvalue weighted by molar-refractivity contribution is 7.99. The minimum absolute atomic E-state index is 0.0129. The van der Waals surface area contributed by atoms with Crippen molar-refractivity contribution in [2.45, 2.75) is 36.6 Å². The van der Waals surface area contributed by atoms with Crippen molar-refractivity contribution in [2.24, 2.45) is 0 Å². The lowest BCUT2D eigenvalue weighted by molar-refractivity contribution is 0.214. The highest BCUT2D eigenvalue weighted by Crippen LogP contribution is 2.28. The van der Waals surface area contributed by atoms with E-state index >= 15 is 0 Å². The summed E-state index contributed by atoms with van der Waals surface area (Å²) in [6.45, 7) is -0.313. The molecule has 1 aliphatic rings. The number of nitrogens with one attached hydrogen (secondary N) is 2. The predicted molar refractivity (Wildman–Crippen MR) is 87.8 cm³/mol. The highest BCUT2D eigenvalue weighted by atomic mass is 35.5. The van der Waals surface area contributed by atoms with E-state index < -0.39 is 11.9 Å². The van der Waals surface area contributed by atoms with Crippen LogP contribution in [0.2, 0.25) is 5.02 Å². The third-order valence-corrected chi connectivity index (χ3v) is 5.29. The zero-order chi connectivity index (χ0) is 16.1. The molecule has 3 N–H and O–H groups in total. The monoisotopic (exact) mass is 346 g/mol. The topological polar surface area (TPSA) is 61.4 Å². The molecule has 0 heterocycles. The van der Waals surface area contributed by atoms with Crippen LogP contribution < -0.4 is 10.6 Å². The van der Waals surface area contributed by atoms with E-state index in [1.165, 1.54) is 12.1 Å². The number of aliphatic hydroxyl groups is 1. The van der Waals surface area contributed by atoms with Gasteiger partial charge in [0.25, 0.3) is 0 Å². The number of hydrogen-bond donors (Lipinski definition) is 3. The fourth-order valence-electron chi connectivity index (χ4n) is 2.63. The molecule has 1 aliphatic carbocycles. The molecular weight excluding hydrogens is 327 g/mol. The van der Waals surface area contributed by atoms with Crippen LogP contribution in [-0.4, -0.2) is 35.3 Å². The number of thioether (sulfide) groups is 1. The Morgan fingerprint density at radius 2 is 2.32 bits per heavy atom. The second kappa shape index (κ2) is 8.04. The molecule has 1 saturated carbocycles. The van der Waals surface area contributed by atoms with E-state index in [-0.39, 0.29) is 23.7 Å². The molecule has 3 unspecified atom stereocenters. The van der Waals surface area contributed by atoms with Crippen LogP contribution in [0.5, 0.6) is 0 Å². The number of hydrogen-bond acceptors (Lipinski definition) is 3. The molecule has 2 rings (SSSR count). The average molecular weight is 347 g/mol. The van der Waals surface area contributed by atoms with Gasteiger partial charge in [-0.3, -0.25) is 0 Å².